The molecule has 0 spiro atoms. The normalized spacial score (nSPS) is 17.3. The Morgan fingerprint density at radius 1 is 1.26 bits per heavy atom. The van der Waals surface area contributed by atoms with Gasteiger partial charge in [-0.3, -0.25) is 9.69 Å². The number of rotatable bonds is 9. The fourth-order valence-electron chi connectivity index (χ4n) is 2.62. The van der Waals surface area contributed by atoms with Crippen molar-refractivity contribution in [1.82, 2.24) is 4.90 Å². The first-order valence-corrected chi connectivity index (χ1v) is 7.60. The summed E-state index contributed by atoms with van der Waals surface area (Å²) in [5.41, 5.74) is 0. The summed E-state index contributed by atoms with van der Waals surface area (Å²) in [6, 6.07) is 0.352. The van der Waals surface area contributed by atoms with Gasteiger partial charge in [0.05, 0.1) is 26.4 Å². The van der Waals surface area contributed by atoms with Crippen LogP contribution in [0.3, 0.4) is 0 Å². The van der Waals surface area contributed by atoms with Crippen LogP contribution in [0.25, 0.3) is 0 Å². The van der Waals surface area contributed by atoms with Crippen molar-refractivity contribution in [3.63, 3.8) is 0 Å². The zero-order chi connectivity index (χ0) is 14.1. The first kappa shape index (κ1) is 16.6. The summed E-state index contributed by atoms with van der Waals surface area (Å²) in [6.07, 6.45) is 5.85. The highest BCUT2D eigenvalue weighted by Gasteiger charge is 2.23. The van der Waals surface area contributed by atoms with Gasteiger partial charge in [-0.15, -0.1) is 0 Å². The summed E-state index contributed by atoms with van der Waals surface area (Å²) < 4.78 is 5.29. The molecule has 4 nitrogen and oxygen atoms in total. The number of nitrogens with zero attached hydrogens (tertiary/aromatic N) is 1. The maximum absolute atomic E-state index is 12.3. The quantitative estimate of drug-likeness (QED) is 0.650. The summed E-state index contributed by atoms with van der Waals surface area (Å²) in [5.74, 6) is 0.684. The van der Waals surface area contributed by atoms with Crippen LogP contribution in [-0.2, 0) is 9.53 Å². The topological polar surface area (TPSA) is 49.8 Å². The van der Waals surface area contributed by atoms with E-state index in [1.54, 1.807) is 0 Å². The highest BCUT2D eigenvalue weighted by molar-refractivity contribution is 5.83. The number of aliphatic hydroxyl groups excluding tert-OH is 1. The first-order valence-electron chi connectivity index (χ1n) is 7.60. The number of aliphatic hydroxyl groups is 1. The van der Waals surface area contributed by atoms with Crippen molar-refractivity contribution in [3.05, 3.63) is 0 Å². The molecule has 1 N–H and O–H groups in total. The Hall–Kier alpha value is -0.450. The lowest BCUT2D eigenvalue weighted by molar-refractivity contribution is -0.125. The van der Waals surface area contributed by atoms with Crippen LogP contribution in [-0.4, -0.2) is 54.7 Å². The maximum Gasteiger partial charge on any atom is 0.149 e. The molecule has 0 unspecified atom stereocenters. The average molecular weight is 271 g/mol. The van der Waals surface area contributed by atoms with Crippen molar-refractivity contribution < 1.29 is 14.6 Å². The number of ketones is 1. The molecule has 0 aromatic rings. The summed E-state index contributed by atoms with van der Waals surface area (Å²) >= 11 is 0. The lowest BCUT2D eigenvalue weighted by Crippen LogP contribution is -2.40. The molecule has 0 aromatic carbocycles. The van der Waals surface area contributed by atoms with E-state index in [0.29, 0.717) is 31.6 Å². The fraction of sp³-hybridized carbons (Fsp3) is 0.933. The van der Waals surface area contributed by atoms with Crippen molar-refractivity contribution >= 4 is 5.78 Å². The van der Waals surface area contributed by atoms with Crippen LogP contribution in [0.5, 0.6) is 0 Å². The van der Waals surface area contributed by atoms with Crippen LogP contribution < -0.4 is 0 Å². The van der Waals surface area contributed by atoms with E-state index in [1.807, 2.05) is 0 Å². The number of carbonyl (C=O) groups excluding carboxylic acids is 1. The molecule has 1 aliphatic carbocycles. The van der Waals surface area contributed by atoms with Crippen molar-refractivity contribution in [2.45, 2.75) is 52.0 Å². The predicted molar refractivity (Wildman–Crippen MR) is 76.2 cm³/mol. The molecule has 0 saturated heterocycles. The minimum absolute atomic E-state index is 0.0582. The molecule has 19 heavy (non-hydrogen) atoms. The molecule has 112 valence electrons. The lowest BCUT2D eigenvalue weighted by Gasteiger charge is -2.28. The smallest absolute Gasteiger partial charge is 0.149 e. The van der Waals surface area contributed by atoms with Crippen molar-refractivity contribution in [2.24, 2.45) is 5.92 Å². The van der Waals surface area contributed by atoms with Crippen molar-refractivity contribution in [3.8, 4) is 0 Å². The van der Waals surface area contributed by atoms with E-state index in [2.05, 4.69) is 18.7 Å². The molecule has 1 aliphatic rings. The molecular formula is C15H29NO3. The summed E-state index contributed by atoms with van der Waals surface area (Å²) in [5, 5.41) is 8.66. The molecule has 1 rings (SSSR count). The van der Waals surface area contributed by atoms with Crippen LogP contribution in [0, 0.1) is 5.92 Å². The van der Waals surface area contributed by atoms with E-state index >= 15 is 0 Å². The van der Waals surface area contributed by atoms with E-state index in [1.165, 1.54) is 19.3 Å². The molecule has 0 aliphatic heterocycles. The average Bonchev–Trinajstić information content (AvgIpc) is 2.42. The Morgan fingerprint density at radius 2 is 1.95 bits per heavy atom. The van der Waals surface area contributed by atoms with Crippen LogP contribution in [0.15, 0.2) is 0 Å². The summed E-state index contributed by atoms with van der Waals surface area (Å²) in [4.78, 5) is 14.5. The monoisotopic (exact) mass is 271 g/mol. The zero-order valence-electron chi connectivity index (χ0n) is 12.4. The minimum Gasteiger partial charge on any atom is -0.394 e. The van der Waals surface area contributed by atoms with Gasteiger partial charge in [0.2, 0.25) is 0 Å². The highest BCUT2D eigenvalue weighted by atomic mass is 16.5. The second-order valence-electron chi connectivity index (χ2n) is 5.70. The SMILES string of the molecule is CC(C)N(CCOCCO)CC(=O)C1CCCCC1. The van der Waals surface area contributed by atoms with Crippen LogP contribution in [0.1, 0.15) is 46.0 Å². The van der Waals surface area contributed by atoms with Gasteiger partial charge in [-0.25, -0.2) is 0 Å². The molecule has 0 bridgehead atoms. The van der Waals surface area contributed by atoms with E-state index < -0.39 is 0 Å². The number of Topliss-reactive ketones (excluding diaryl/α,β-unsaturated/α-hetero) is 1. The number of carbonyl (C=O) groups is 1. The molecule has 1 saturated carbocycles. The van der Waals surface area contributed by atoms with Gasteiger partial charge in [-0.2, -0.15) is 0 Å². The van der Waals surface area contributed by atoms with Gasteiger partial charge < -0.3 is 9.84 Å². The molecule has 0 radical (unpaired) electrons. The molecule has 1 fully saturated rings. The Labute approximate surface area is 117 Å². The molecular weight excluding hydrogens is 242 g/mol. The zero-order valence-corrected chi connectivity index (χ0v) is 12.4. The molecule has 0 aromatic heterocycles. The van der Waals surface area contributed by atoms with Gasteiger partial charge in [0.15, 0.2) is 0 Å². The summed E-state index contributed by atoms with van der Waals surface area (Å²) in [7, 11) is 0. The van der Waals surface area contributed by atoms with Crippen LogP contribution in [0.2, 0.25) is 0 Å². The second-order valence-corrected chi connectivity index (χ2v) is 5.70. The van der Waals surface area contributed by atoms with Crippen molar-refractivity contribution in [1.29, 1.82) is 0 Å². The van der Waals surface area contributed by atoms with Gasteiger partial charge in [0.1, 0.15) is 5.78 Å². The minimum atomic E-state index is 0.0582. The standard InChI is InChI=1S/C15H29NO3/c1-13(2)16(8-10-19-11-9-17)12-15(18)14-6-4-3-5-7-14/h13-14,17H,3-12H2,1-2H3. The third-order valence-electron chi connectivity index (χ3n) is 3.91. The van der Waals surface area contributed by atoms with E-state index in [-0.39, 0.29) is 12.5 Å². The largest absolute Gasteiger partial charge is 0.394 e. The third-order valence-corrected chi connectivity index (χ3v) is 3.91. The van der Waals surface area contributed by atoms with Gasteiger partial charge in [-0.1, -0.05) is 19.3 Å². The third kappa shape index (κ3) is 6.50. The molecule has 4 heteroatoms. The maximum atomic E-state index is 12.3. The molecule has 0 amide bonds. The predicted octanol–water partition coefficient (Wildman–Crippen LogP) is 1.86. The van der Waals surface area contributed by atoms with E-state index in [9.17, 15) is 4.79 Å². The van der Waals surface area contributed by atoms with Gasteiger partial charge in [0, 0.05) is 18.5 Å². The first-order chi connectivity index (χ1) is 9.15. The van der Waals surface area contributed by atoms with Gasteiger partial charge in [0.25, 0.3) is 0 Å². The number of ether oxygens (including phenoxy) is 1. The van der Waals surface area contributed by atoms with E-state index in [0.717, 1.165) is 19.4 Å². The highest BCUT2D eigenvalue weighted by Crippen LogP contribution is 2.24. The van der Waals surface area contributed by atoms with Crippen LogP contribution in [0.4, 0.5) is 0 Å². The Kier molecular flexibility index (Phi) is 8.26. The number of hydrogen-bond acceptors (Lipinski definition) is 4. The van der Waals surface area contributed by atoms with Gasteiger partial charge in [-0.05, 0) is 26.7 Å². The fourth-order valence-corrected chi connectivity index (χ4v) is 2.62. The molecule has 0 heterocycles. The second kappa shape index (κ2) is 9.45. The van der Waals surface area contributed by atoms with Crippen molar-refractivity contribution in [2.75, 3.05) is 32.9 Å². The Balaban J connectivity index is 2.32. The Morgan fingerprint density at radius 3 is 2.53 bits per heavy atom. The number of hydrogen-bond donors (Lipinski definition) is 1. The summed E-state index contributed by atoms with van der Waals surface area (Å²) in [6.45, 7) is 6.54. The lowest BCUT2D eigenvalue weighted by atomic mass is 9.86. The van der Waals surface area contributed by atoms with Gasteiger partial charge >= 0.3 is 0 Å². The molecule has 0 atom stereocenters. The van der Waals surface area contributed by atoms with E-state index in [4.69, 9.17) is 9.84 Å². The Bertz CT molecular complexity index is 250. The van der Waals surface area contributed by atoms with Crippen LogP contribution >= 0.6 is 0 Å².